The van der Waals surface area contributed by atoms with E-state index in [9.17, 15) is 9.59 Å². The number of amides is 2. The van der Waals surface area contributed by atoms with Crippen molar-refractivity contribution in [2.75, 3.05) is 21.1 Å². The van der Waals surface area contributed by atoms with Gasteiger partial charge in [0.15, 0.2) is 0 Å². The van der Waals surface area contributed by atoms with Crippen LogP contribution in [-0.2, 0) is 9.59 Å². The van der Waals surface area contributed by atoms with Gasteiger partial charge in [-0.25, -0.2) is 0 Å². The van der Waals surface area contributed by atoms with Crippen LogP contribution in [0.25, 0.3) is 0 Å². The molecular formula is C18H30N2O2. The van der Waals surface area contributed by atoms with Gasteiger partial charge in [-0.05, 0) is 24.2 Å². The van der Waals surface area contributed by atoms with Crippen molar-refractivity contribution < 1.29 is 9.59 Å². The quantitative estimate of drug-likeness (QED) is 0.766. The lowest BCUT2D eigenvalue weighted by atomic mass is 9.63. The molecule has 5 atom stereocenters. The summed E-state index contributed by atoms with van der Waals surface area (Å²) in [5.41, 5.74) is -0.133. The third-order valence-corrected chi connectivity index (χ3v) is 6.00. The van der Waals surface area contributed by atoms with Crippen LogP contribution >= 0.6 is 0 Å². The molecule has 0 heterocycles. The van der Waals surface area contributed by atoms with E-state index in [1.165, 1.54) is 0 Å². The molecule has 2 bridgehead atoms. The van der Waals surface area contributed by atoms with Crippen LogP contribution in [0.5, 0.6) is 0 Å². The highest BCUT2D eigenvalue weighted by molar-refractivity contribution is 5.86. The number of nitrogens with one attached hydrogen (secondary N) is 1. The topological polar surface area (TPSA) is 49.4 Å². The Morgan fingerprint density at radius 1 is 1.32 bits per heavy atom. The molecule has 0 aliphatic heterocycles. The predicted molar refractivity (Wildman–Crippen MR) is 88.1 cm³/mol. The molecule has 1 N–H and O–H groups in total. The van der Waals surface area contributed by atoms with Crippen LogP contribution in [0.15, 0.2) is 12.2 Å². The number of nitrogens with zero attached hydrogens (tertiary/aromatic N) is 1. The van der Waals surface area contributed by atoms with Gasteiger partial charge in [-0.15, -0.1) is 0 Å². The van der Waals surface area contributed by atoms with E-state index in [4.69, 9.17) is 0 Å². The average molecular weight is 306 g/mol. The first-order valence-electron chi connectivity index (χ1n) is 8.52. The zero-order valence-corrected chi connectivity index (χ0v) is 14.6. The lowest BCUT2D eigenvalue weighted by Gasteiger charge is -2.41. The zero-order chi connectivity index (χ0) is 16.5. The number of carbonyl (C=O) groups is 2. The Balaban J connectivity index is 2.36. The zero-order valence-electron chi connectivity index (χ0n) is 14.6. The molecule has 0 aromatic rings. The predicted octanol–water partition coefficient (Wildman–Crippen LogP) is 2.46. The molecule has 0 aromatic heterocycles. The molecule has 22 heavy (non-hydrogen) atoms. The van der Waals surface area contributed by atoms with E-state index in [0.717, 1.165) is 19.3 Å². The van der Waals surface area contributed by atoms with Crippen molar-refractivity contribution in [2.24, 2.45) is 29.1 Å². The van der Waals surface area contributed by atoms with Gasteiger partial charge in [0, 0.05) is 33.0 Å². The molecule has 2 aliphatic carbocycles. The Hall–Kier alpha value is -1.32. The molecule has 0 aromatic carbocycles. The highest BCUT2D eigenvalue weighted by Crippen LogP contribution is 2.62. The van der Waals surface area contributed by atoms with Crippen LogP contribution in [0.3, 0.4) is 0 Å². The molecule has 0 radical (unpaired) electrons. The van der Waals surface area contributed by atoms with Crippen LogP contribution < -0.4 is 5.32 Å². The minimum absolute atomic E-state index is 0.00991. The summed E-state index contributed by atoms with van der Waals surface area (Å²) in [7, 11) is 5.19. The molecular weight excluding hydrogens is 276 g/mol. The maximum absolute atomic E-state index is 12.6. The maximum atomic E-state index is 12.6. The molecule has 5 unspecified atom stereocenters. The summed E-state index contributed by atoms with van der Waals surface area (Å²) in [5, 5.41) is 2.80. The normalized spacial score (nSPS) is 33.8. The second-order valence-electron chi connectivity index (χ2n) is 7.09. The summed E-state index contributed by atoms with van der Waals surface area (Å²) in [5.74, 6) is 1.53. The Morgan fingerprint density at radius 2 is 2.00 bits per heavy atom. The Morgan fingerprint density at radius 3 is 2.50 bits per heavy atom. The summed E-state index contributed by atoms with van der Waals surface area (Å²) in [6.07, 6.45) is 8.12. The fourth-order valence-corrected chi connectivity index (χ4v) is 4.96. The second-order valence-corrected chi connectivity index (χ2v) is 7.09. The summed E-state index contributed by atoms with van der Waals surface area (Å²) in [6.45, 7) is 4.47. The lowest BCUT2D eigenvalue weighted by Crippen LogP contribution is -2.45. The Labute approximate surface area is 134 Å². The Bertz CT molecular complexity index is 472. The number of hydrogen-bond acceptors (Lipinski definition) is 2. The van der Waals surface area contributed by atoms with Gasteiger partial charge in [-0.1, -0.05) is 38.8 Å². The van der Waals surface area contributed by atoms with Crippen molar-refractivity contribution in [1.82, 2.24) is 10.2 Å². The molecule has 1 saturated carbocycles. The number of hydrogen-bond donors (Lipinski definition) is 1. The molecule has 4 heteroatoms. The van der Waals surface area contributed by atoms with Crippen molar-refractivity contribution in [2.45, 2.75) is 39.5 Å². The van der Waals surface area contributed by atoms with Gasteiger partial charge in [0.05, 0.1) is 5.92 Å². The van der Waals surface area contributed by atoms with Crippen LogP contribution in [0, 0.1) is 29.1 Å². The molecule has 2 aliphatic rings. The standard InChI is InChI=1S/C18H30N2O2/c1-6-13-12-8-9-18(11-12,14(13)7-2)15(17(22)19-3)10-16(21)20(4)5/h8-9,12-15H,6-7,10-11H2,1-5H3,(H,19,22). The number of allylic oxidation sites excluding steroid dienone is 2. The first-order chi connectivity index (χ1) is 10.4. The molecule has 0 spiro atoms. The van der Waals surface area contributed by atoms with Gasteiger partial charge in [0.25, 0.3) is 0 Å². The SMILES string of the molecule is CCC1C2C=CC(C(CC(=O)N(C)C)C(=O)NC)(C2)C1CC. The third kappa shape index (κ3) is 2.57. The van der Waals surface area contributed by atoms with Crippen molar-refractivity contribution in [3.63, 3.8) is 0 Å². The third-order valence-electron chi connectivity index (χ3n) is 6.00. The summed E-state index contributed by atoms with van der Waals surface area (Å²) in [4.78, 5) is 26.4. The fourth-order valence-electron chi connectivity index (χ4n) is 4.96. The molecule has 0 saturated heterocycles. The monoisotopic (exact) mass is 306 g/mol. The highest BCUT2D eigenvalue weighted by atomic mass is 16.2. The molecule has 4 nitrogen and oxygen atoms in total. The molecule has 124 valence electrons. The van der Waals surface area contributed by atoms with Gasteiger partial charge in [0.1, 0.15) is 0 Å². The average Bonchev–Trinajstić information content (AvgIpc) is 3.07. The number of rotatable bonds is 6. The van der Waals surface area contributed by atoms with E-state index >= 15 is 0 Å². The lowest BCUT2D eigenvalue weighted by molar-refractivity contribution is -0.138. The first-order valence-corrected chi connectivity index (χ1v) is 8.52. The van der Waals surface area contributed by atoms with E-state index < -0.39 is 0 Å². The fraction of sp³-hybridized carbons (Fsp3) is 0.778. The van der Waals surface area contributed by atoms with Gasteiger partial charge in [-0.3, -0.25) is 9.59 Å². The van der Waals surface area contributed by atoms with Crippen molar-refractivity contribution in [3.8, 4) is 0 Å². The largest absolute Gasteiger partial charge is 0.359 e. The minimum atomic E-state index is -0.254. The number of carbonyl (C=O) groups excluding carboxylic acids is 2. The number of fused-ring (bicyclic) bond motifs is 2. The van der Waals surface area contributed by atoms with E-state index in [-0.39, 0.29) is 23.1 Å². The summed E-state index contributed by atoms with van der Waals surface area (Å²) in [6, 6.07) is 0. The second kappa shape index (κ2) is 6.43. The smallest absolute Gasteiger partial charge is 0.224 e. The van der Waals surface area contributed by atoms with Crippen LogP contribution in [0.1, 0.15) is 39.5 Å². The van der Waals surface area contributed by atoms with Crippen molar-refractivity contribution in [1.29, 1.82) is 0 Å². The maximum Gasteiger partial charge on any atom is 0.224 e. The summed E-state index contributed by atoms with van der Waals surface area (Å²) >= 11 is 0. The molecule has 2 rings (SSSR count). The van der Waals surface area contributed by atoms with Crippen LogP contribution in [0.2, 0.25) is 0 Å². The van der Waals surface area contributed by atoms with Crippen molar-refractivity contribution >= 4 is 11.8 Å². The van der Waals surface area contributed by atoms with Gasteiger partial charge in [-0.2, -0.15) is 0 Å². The minimum Gasteiger partial charge on any atom is -0.359 e. The van der Waals surface area contributed by atoms with Crippen LogP contribution in [-0.4, -0.2) is 37.9 Å². The van der Waals surface area contributed by atoms with Gasteiger partial charge >= 0.3 is 0 Å². The van der Waals surface area contributed by atoms with Gasteiger partial charge in [0.2, 0.25) is 11.8 Å². The van der Waals surface area contributed by atoms with E-state index in [0.29, 0.717) is 24.2 Å². The molecule has 2 amide bonds. The van der Waals surface area contributed by atoms with E-state index in [1.54, 1.807) is 26.0 Å². The Kier molecular flexibility index (Phi) is 4.98. The van der Waals surface area contributed by atoms with E-state index in [1.807, 2.05) is 0 Å². The van der Waals surface area contributed by atoms with E-state index in [2.05, 4.69) is 31.3 Å². The first kappa shape index (κ1) is 17.0. The summed E-state index contributed by atoms with van der Waals surface area (Å²) < 4.78 is 0. The van der Waals surface area contributed by atoms with Gasteiger partial charge < -0.3 is 10.2 Å². The highest BCUT2D eigenvalue weighted by Gasteiger charge is 2.58. The van der Waals surface area contributed by atoms with Crippen molar-refractivity contribution in [3.05, 3.63) is 12.2 Å². The molecule has 1 fully saturated rings. The van der Waals surface area contributed by atoms with Crippen LogP contribution in [0.4, 0.5) is 0 Å².